The normalized spacial score (nSPS) is 13.8. The molecule has 0 saturated heterocycles. The minimum absolute atomic E-state index is 0. The van der Waals surface area contributed by atoms with Crippen LogP contribution in [-0.2, 0) is 10.0 Å². The van der Waals surface area contributed by atoms with E-state index in [9.17, 15) is 17.6 Å². The molecule has 0 fully saturated rings. The molecule has 0 saturated carbocycles. The Morgan fingerprint density at radius 3 is 2.42 bits per heavy atom. The van der Waals surface area contributed by atoms with Crippen LogP contribution in [0, 0.1) is 11.7 Å². The van der Waals surface area contributed by atoms with Gasteiger partial charge >= 0.3 is 0 Å². The lowest BCUT2D eigenvalue weighted by Crippen LogP contribution is -2.52. The highest BCUT2D eigenvalue weighted by Gasteiger charge is 2.26. The van der Waals surface area contributed by atoms with Crippen LogP contribution in [0.15, 0.2) is 18.2 Å². The number of halogens is 2. The van der Waals surface area contributed by atoms with Crippen LogP contribution in [-0.4, -0.2) is 32.7 Å². The number of nitrogens with one attached hydrogen (secondary N) is 2. The van der Waals surface area contributed by atoms with E-state index in [2.05, 4.69) is 5.32 Å². The van der Waals surface area contributed by atoms with Crippen molar-refractivity contribution >= 4 is 34.0 Å². The van der Waals surface area contributed by atoms with E-state index in [-0.39, 0.29) is 30.2 Å². The Bertz CT molecular complexity index is 683. The number of carbonyl (C=O) groups excluding carboxylic acids is 1. The van der Waals surface area contributed by atoms with Crippen LogP contribution in [0.1, 0.15) is 37.6 Å². The molecule has 138 valence electrons. The van der Waals surface area contributed by atoms with Crippen LogP contribution in [0.4, 0.5) is 10.1 Å². The molecule has 0 bridgehead atoms. The molecule has 0 aliphatic rings. The predicted octanol–water partition coefficient (Wildman–Crippen LogP) is 2.11. The molecule has 0 heterocycles. The van der Waals surface area contributed by atoms with E-state index < -0.39 is 27.3 Å². The van der Waals surface area contributed by atoms with Crippen molar-refractivity contribution in [3.63, 3.8) is 0 Å². The Labute approximate surface area is 148 Å². The number of hydrogen-bond acceptors (Lipinski definition) is 4. The van der Waals surface area contributed by atoms with Crippen LogP contribution >= 0.6 is 12.4 Å². The van der Waals surface area contributed by atoms with Crippen molar-refractivity contribution in [1.29, 1.82) is 0 Å². The second-order valence-corrected chi connectivity index (χ2v) is 8.13. The molecule has 0 aliphatic heterocycles. The molecular weight excluding hydrogens is 357 g/mol. The number of carbonyl (C=O) groups is 1. The molecule has 1 unspecified atom stereocenters. The third-order valence-corrected chi connectivity index (χ3v) is 3.84. The highest BCUT2D eigenvalue weighted by atomic mass is 35.5. The Hall–Kier alpha value is -1.38. The van der Waals surface area contributed by atoms with Gasteiger partial charge in [0.25, 0.3) is 5.91 Å². The summed E-state index contributed by atoms with van der Waals surface area (Å²) in [4.78, 5) is 12.4. The van der Waals surface area contributed by atoms with E-state index in [0.717, 1.165) is 18.4 Å². The first-order valence-corrected chi connectivity index (χ1v) is 9.15. The zero-order valence-corrected chi connectivity index (χ0v) is 15.9. The topological polar surface area (TPSA) is 101 Å². The number of amides is 1. The number of hydrogen-bond donors (Lipinski definition) is 3. The highest BCUT2D eigenvalue weighted by molar-refractivity contribution is 7.92. The molecule has 0 radical (unpaired) electrons. The number of rotatable bonds is 7. The molecule has 0 spiro atoms. The number of anilines is 1. The minimum Gasteiger partial charge on any atom is -0.346 e. The van der Waals surface area contributed by atoms with Gasteiger partial charge in [-0.1, -0.05) is 13.8 Å². The fourth-order valence-electron chi connectivity index (χ4n) is 2.38. The molecule has 0 aliphatic carbocycles. The first-order valence-electron chi connectivity index (χ1n) is 7.26. The summed E-state index contributed by atoms with van der Waals surface area (Å²) >= 11 is 0. The number of benzene rings is 1. The lowest BCUT2D eigenvalue weighted by Gasteiger charge is -2.31. The van der Waals surface area contributed by atoms with Gasteiger partial charge in [0, 0.05) is 17.6 Å². The van der Waals surface area contributed by atoms with Crippen LogP contribution in [0.25, 0.3) is 0 Å². The van der Waals surface area contributed by atoms with Gasteiger partial charge in [0.15, 0.2) is 0 Å². The van der Waals surface area contributed by atoms with E-state index in [4.69, 9.17) is 5.73 Å². The molecule has 1 atom stereocenters. The summed E-state index contributed by atoms with van der Waals surface area (Å²) < 4.78 is 38.2. The maximum Gasteiger partial charge on any atom is 0.251 e. The molecular formula is C15H25ClFN3O3S. The second-order valence-electron chi connectivity index (χ2n) is 6.39. The Balaban J connectivity index is 0.00000529. The van der Waals surface area contributed by atoms with E-state index >= 15 is 0 Å². The summed E-state index contributed by atoms with van der Waals surface area (Å²) in [5.41, 5.74) is 5.05. The third kappa shape index (κ3) is 7.02. The number of nitrogens with two attached hydrogens (primary N) is 1. The maximum atomic E-state index is 13.7. The fraction of sp³-hybridized carbons (Fsp3) is 0.533. The summed E-state index contributed by atoms with van der Waals surface area (Å²) in [5, 5.41) is 2.84. The van der Waals surface area contributed by atoms with E-state index in [1.807, 2.05) is 25.5 Å². The highest BCUT2D eigenvalue weighted by Crippen LogP contribution is 2.20. The van der Waals surface area contributed by atoms with Gasteiger partial charge in [0.05, 0.1) is 11.9 Å². The molecule has 4 N–H and O–H groups in total. The van der Waals surface area contributed by atoms with Crippen molar-refractivity contribution in [1.82, 2.24) is 5.32 Å². The molecule has 1 rings (SSSR count). The average Bonchev–Trinajstić information content (AvgIpc) is 2.38. The summed E-state index contributed by atoms with van der Waals surface area (Å²) in [6.07, 6.45) is 1.60. The molecule has 6 nitrogen and oxygen atoms in total. The first-order chi connectivity index (χ1) is 10.5. The molecule has 1 aromatic rings. The van der Waals surface area contributed by atoms with Gasteiger partial charge in [0.1, 0.15) is 5.82 Å². The van der Waals surface area contributed by atoms with Crippen molar-refractivity contribution < 1.29 is 17.6 Å². The SMILES string of the molecule is CC(C)CC(C)(CN)NC(=O)c1ccc(F)c(NS(C)(=O)=O)c1.Cl. The van der Waals surface area contributed by atoms with Crippen molar-refractivity contribution in [3.05, 3.63) is 29.6 Å². The third-order valence-electron chi connectivity index (χ3n) is 3.25. The maximum absolute atomic E-state index is 13.7. The Morgan fingerprint density at radius 1 is 1.38 bits per heavy atom. The molecule has 9 heteroatoms. The Morgan fingerprint density at radius 2 is 1.96 bits per heavy atom. The minimum atomic E-state index is -3.64. The van der Waals surface area contributed by atoms with Crippen LogP contribution in [0.2, 0.25) is 0 Å². The molecule has 1 aromatic carbocycles. The van der Waals surface area contributed by atoms with E-state index in [1.165, 1.54) is 6.07 Å². The van der Waals surface area contributed by atoms with Crippen molar-refractivity contribution in [2.24, 2.45) is 11.7 Å². The van der Waals surface area contributed by atoms with Gasteiger partial charge in [-0.05, 0) is 37.5 Å². The van der Waals surface area contributed by atoms with Gasteiger partial charge in [-0.3, -0.25) is 9.52 Å². The quantitative estimate of drug-likeness (QED) is 0.673. The van der Waals surface area contributed by atoms with Gasteiger partial charge < -0.3 is 11.1 Å². The molecule has 24 heavy (non-hydrogen) atoms. The zero-order chi connectivity index (χ0) is 17.8. The lowest BCUT2D eigenvalue weighted by molar-refractivity contribution is 0.0898. The summed E-state index contributed by atoms with van der Waals surface area (Å²) in [6, 6.07) is 3.51. The smallest absolute Gasteiger partial charge is 0.251 e. The summed E-state index contributed by atoms with van der Waals surface area (Å²) in [7, 11) is -3.64. The van der Waals surface area contributed by atoms with Gasteiger partial charge in [-0.2, -0.15) is 0 Å². The molecule has 1 amide bonds. The van der Waals surface area contributed by atoms with Crippen molar-refractivity contribution in [2.45, 2.75) is 32.7 Å². The second kappa shape index (κ2) is 8.64. The molecule has 0 aromatic heterocycles. The van der Waals surface area contributed by atoms with Crippen molar-refractivity contribution in [3.8, 4) is 0 Å². The van der Waals surface area contributed by atoms with E-state index in [1.54, 1.807) is 0 Å². The van der Waals surface area contributed by atoms with Gasteiger partial charge in [0.2, 0.25) is 10.0 Å². The largest absolute Gasteiger partial charge is 0.346 e. The summed E-state index contributed by atoms with van der Waals surface area (Å²) in [5.74, 6) is -0.856. The van der Waals surface area contributed by atoms with Crippen LogP contribution < -0.4 is 15.8 Å². The fourth-order valence-corrected chi connectivity index (χ4v) is 2.93. The monoisotopic (exact) mass is 381 g/mol. The van der Waals surface area contributed by atoms with Gasteiger partial charge in [-0.25, -0.2) is 12.8 Å². The standard InChI is InChI=1S/C15H24FN3O3S.ClH/c1-10(2)8-15(3,9-17)18-14(20)11-5-6-12(16)13(7-11)19-23(4,21)22;/h5-7,10,19H,8-9,17H2,1-4H3,(H,18,20);1H. The first kappa shape index (κ1) is 22.6. The van der Waals surface area contributed by atoms with Crippen LogP contribution in [0.3, 0.4) is 0 Å². The van der Waals surface area contributed by atoms with E-state index in [0.29, 0.717) is 12.3 Å². The average molecular weight is 382 g/mol. The Kier molecular flexibility index (Phi) is 8.14. The zero-order valence-electron chi connectivity index (χ0n) is 14.2. The number of sulfonamides is 1. The van der Waals surface area contributed by atoms with Gasteiger partial charge in [-0.15, -0.1) is 12.4 Å². The van der Waals surface area contributed by atoms with Crippen LogP contribution in [0.5, 0.6) is 0 Å². The van der Waals surface area contributed by atoms with Crippen molar-refractivity contribution in [2.75, 3.05) is 17.5 Å². The summed E-state index contributed by atoms with van der Waals surface area (Å²) in [6.45, 7) is 6.13. The lowest BCUT2D eigenvalue weighted by atomic mass is 9.90. The predicted molar refractivity (Wildman–Crippen MR) is 96.5 cm³/mol.